The summed E-state index contributed by atoms with van der Waals surface area (Å²) in [6, 6.07) is 15.2. The zero-order valence-electron chi connectivity index (χ0n) is 17.6. The number of piperidine rings is 1. The third-order valence-electron chi connectivity index (χ3n) is 6.57. The summed E-state index contributed by atoms with van der Waals surface area (Å²) < 4.78 is 11.8. The monoisotopic (exact) mass is 417 g/mol. The molecule has 1 aromatic heterocycles. The van der Waals surface area contributed by atoms with Crippen LogP contribution in [0.25, 0.3) is 11.0 Å². The van der Waals surface area contributed by atoms with Gasteiger partial charge in [0.15, 0.2) is 12.4 Å². The smallest absolute Gasteiger partial charge is 0.260 e. The Morgan fingerprint density at radius 1 is 1.00 bits per heavy atom. The predicted octanol–water partition coefficient (Wildman–Crippen LogP) is 4.81. The highest BCUT2D eigenvalue weighted by Crippen LogP contribution is 2.34. The van der Waals surface area contributed by atoms with Crippen molar-refractivity contribution in [2.45, 2.75) is 38.5 Å². The third-order valence-corrected chi connectivity index (χ3v) is 6.57. The molecule has 0 bridgehead atoms. The van der Waals surface area contributed by atoms with Crippen molar-refractivity contribution in [1.82, 2.24) is 4.90 Å². The van der Waals surface area contributed by atoms with Gasteiger partial charge in [-0.05, 0) is 50.3 Å². The number of rotatable bonds is 5. The Kier molecular flexibility index (Phi) is 5.49. The summed E-state index contributed by atoms with van der Waals surface area (Å²) in [6.07, 6.45) is 5.81. The highest BCUT2D eigenvalue weighted by atomic mass is 16.5. The van der Waals surface area contributed by atoms with Crippen LogP contribution in [0.4, 0.5) is 0 Å². The third kappa shape index (κ3) is 4.09. The minimum Gasteiger partial charge on any atom is -0.484 e. The number of hydrogen-bond acceptors (Lipinski definition) is 4. The van der Waals surface area contributed by atoms with E-state index in [9.17, 15) is 9.59 Å². The Bertz CT molecular complexity index is 1090. The van der Waals surface area contributed by atoms with E-state index in [1.807, 2.05) is 53.4 Å². The molecule has 1 aliphatic carbocycles. The van der Waals surface area contributed by atoms with E-state index >= 15 is 0 Å². The molecule has 0 spiro atoms. The molecular formula is C26H27NO4. The molecule has 0 unspecified atom stereocenters. The van der Waals surface area contributed by atoms with E-state index in [0.717, 1.165) is 35.1 Å². The van der Waals surface area contributed by atoms with Crippen molar-refractivity contribution in [3.63, 3.8) is 0 Å². The lowest BCUT2D eigenvalue weighted by Crippen LogP contribution is -2.42. The SMILES string of the molecule is O=C(c1ccccc1)C1CCN(C(=O)COc2ccc3oc4c(c3c2)CCCC4)CC1. The van der Waals surface area contributed by atoms with Crippen LogP contribution in [0.5, 0.6) is 5.75 Å². The van der Waals surface area contributed by atoms with Crippen LogP contribution in [0.2, 0.25) is 0 Å². The highest BCUT2D eigenvalue weighted by Gasteiger charge is 2.28. The number of carbonyl (C=O) groups excluding carboxylic acids is 2. The number of likely N-dealkylation sites (tertiary alicyclic amines) is 1. The quantitative estimate of drug-likeness (QED) is 0.559. The number of furan rings is 1. The summed E-state index contributed by atoms with van der Waals surface area (Å²) in [7, 11) is 0. The number of carbonyl (C=O) groups is 2. The first-order valence-electron chi connectivity index (χ1n) is 11.2. The molecule has 5 rings (SSSR count). The summed E-state index contributed by atoms with van der Waals surface area (Å²) in [6.45, 7) is 1.21. The zero-order chi connectivity index (χ0) is 21.2. The van der Waals surface area contributed by atoms with E-state index in [2.05, 4.69) is 0 Å². The second-order valence-corrected chi connectivity index (χ2v) is 8.54. The lowest BCUT2D eigenvalue weighted by Gasteiger charge is -2.31. The fourth-order valence-corrected chi connectivity index (χ4v) is 4.80. The number of aryl methyl sites for hydroxylation is 2. The number of benzene rings is 2. The fraction of sp³-hybridized carbons (Fsp3) is 0.385. The van der Waals surface area contributed by atoms with Gasteiger partial charge in [-0.2, -0.15) is 0 Å². The number of ether oxygens (including phenoxy) is 1. The standard InChI is InChI=1S/C26H27NO4/c28-25(27-14-12-19(13-15-27)26(29)18-6-2-1-3-7-18)17-30-20-10-11-24-22(16-20)21-8-4-5-9-23(21)31-24/h1-3,6-7,10-11,16,19H,4-5,8-9,12-15,17H2. The van der Waals surface area contributed by atoms with Gasteiger partial charge in [-0.15, -0.1) is 0 Å². The summed E-state index contributed by atoms with van der Waals surface area (Å²) in [5.41, 5.74) is 2.95. The van der Waals surface area contributed by atoms with Gasteiger partial charge in [0.2, 0.25) is 0 Å². The minimum atomic E-state index is -0.0278. The number of ketones is 1. The van der Waals surface area contributed by atoms with Crippen LogP contribution in [0.15, 0.2) is 52.9 Å². The van der Waals surface area contributed by atoms with E-state index in [1.165, 1.54) is 18.4 Å². The average molecular weight is 418 g/mol. The zero-order valence-corrected chi connectivity index (χ0v) is 17.6. The van der Waals surface area contributed by atoms with Gasteiger partial charge in [0, 0.05) is 41.9 Å². The summed E-state index contributed by atoms with van der Waals surface area (Å²) >= 11 is 0. The molecule has 1 saturated heterocycles. The number of fused-ring (bicyclic) bond motifs is 3. The fourth-order valence-electron chi connectivity index (χ4n) is 4.80. The molecule has 1 aliphatic heterocycles. The van der Waals surface area contributed by atoms with Gasteiger partial charge in [0.25, 0.3) is 5.91 Å². The van der Waals surface area contributed by atoms with E-state index in [-0.39, 0.29) is 24.2 Å². The van der Waals surface area contributed by atoms with Crippen molar-refractivity contribution >= 4 is 22.7 Å². The van der Waals surface area contributed by atoms with Crippen LogP contribution >= 0.6 is 0 Å². The Labute approximate surface area is 182 Å². The Morgan fingerprint density at radius 3 is 2.58 bits per heavy atom. The lowest BCUT2D eigenvalue weighted by molar-refractivity contribution is -0.134. The molecule has 1 amide bonds. The predicted molar refractivity (Wildman–Crippen MR) is 118 cm³/mol. The Hall–Kier alpha value is -3.08. The molecule has 31 heavy (non-hydrogen) atoms. The normalized spacial score (nSPS) is 16.8. The number of hydrogen-bond donors (Lipinski definition) is 0. The Balaban J connectivity index is 1.17. The first-order chi connectivity index (χ1) is 15.2. The molecule has 2 heterocycles. The maximum absolute atomic E-state index is 12.7. The summed E-state index contributed by atoms with van der Waals surface area (Å²) in [4.78, 5) is 27.1. The van der Waals surface area contributed by atoms with Gasteiger partial charge in [-0.25, -0.2) is 0 Å². The summed E-state index contributed by atoms with van der Waals surface area (Å²) in [5.74, 6) is 1.94. The van der Waals surface area contributed by atoms with Gasteiger partial charge in [0.05, 0.1) is 0 Å². The first-order valence-corrected chi connectivity index (χ1v) is 11.2. The molecule has 0 N–H and O–H groups in total. The van der Waals surface area contributed by atoms with Crippen molar-refractivity contribution in [2.75, 3.05) is 19.7 Å². The molecule has 5 heteroatoms. The number of Topliss-reactive ketones (excluding diaryl/α,β-unsaturated/α-hetero) is 1. The number of amides is 1. The van der Waals surface area contributed by atoms with E-state index < -0.39 is 0 Å². The van der Waals surface area contributed by atoms with Gasteiger partial charge in [-0.1, -0.05) is 30.3 Å². The average Bonchev–Trinajstić information content (AvgIpc) is 3.21. The van der Waals surface area contributed by atoms with Gasteiger partial charge in [0.1, 0.15) is 17.1 Å². The Morgan fingerprint density at radius 2 is 1.77 bits per heavy atom. The molecule has 5 nitrogen and oxygen atoms in total. The first kappa shape index (κ1) is 19.9. The van der Waals surface area contributed by atoms with Gasteiger partial charge < -0.3 is 14.1 Å². The molecule has 0 atom stereocenters. The minimum absolute atomic E-state index is 0.0120. The van der Waals surface area contributed by atoms with Crippen molar-refractivity contribution in [2.24, 2.45) is 5.92 Å². The molecule has 2 aliphatic rings. The van der Waals surface area contributed by atoms with Crippen LogP contribution in [0.1, 0.15) is 47.4 Å². The van der Waals surface area contributed by atoms with Crippen LogP contribution < -0.4 is 4.74 Å². The van der Waals surface area contributed by atoms with E-state index in [0.29, 0.717) is 31.7 Å². The van der Waals surface area contributed by atoms with Crippen molar-refractivity contribution in [3.05, 3.63) is 65.4 Å². The van der Waals surface area contributed by atoms with E-state index in [4.69, 9.17) is 9.15 Å². The highest BCUT2D eigenvalue weighted by molar-refractivity contribution is 5.98. The van der Waals surface area contributed by atoms with Crippen molar-refractivity contribution < 1.29 is 18.7 Å². The molecule has 160 valence electrons. The molecule has 0 saturated carbocycles. The largest absolute Gasteiger partial charge is 0.484 e. The molecular weight excluding hydrogens is 390 g/mol. The van der Waals surface area contributed by atoms with E-state index in [1.54, 1.807) is 0 Å². The molecule has 2 aromatic carbocycles. The second-order valence-electron chi connectivity index (χ2n) is 8.54. The topological polar surface area (TPSA) is 59.8 Å². The molecule has 1 fully saturated rings. The van der Waals surface area contributed by atoms with Crippen LogP contribution in [0.3, 0.4) is 0 Å². The van der Waals surface area contributed by atoms with Crippen molar-refractivity contribution in [3.8, 4) is 5.75 Å². The van der Waals surface area contributed by atoms with Crippen LogP contribution in [0, 0.1) is 5.92 Å². The van der Waals surface area contributed by atoms with Crippen LogP contribution in [-0.2, 0) is 17.6 Å². The molecule has 3 aromatic rings. The second kappa shape index (κ2) is 8.58. The lowest BCUT2D eigenvalue weighted by atomic mass is 9.89. The maximum atomic E-state index is 12.7. The number of nitrogens with zero attached hydrogens (tertiary/aromatic N) is 1. The van der Waals surface area contributed by atoms with Gasteiger partial charge in [-0.3, -0.25) is 9.59 Å². The summed E-state index contributed by atoms with van der Waals surface area (Å²) in [5, 5.41) is 1.11. The van der Waals surface area contributed by atoms with Crippen LogP contribution in [-0.4, -0.2) is 36.3 Å². The van der Waals surface area contributed by atoms with Crippen molar-refractivity contribution in [1.29, 1.82) is 0 Å². The van der Waals surface area contributed by atoms with Gasteiger partial charge >= 0.3 is 0 Å². The molecule has 0 radical (unpaired) electrons. The maximum Gasteiger partial charge on any atom is 0.260 e.